The average Bonchev–Trinajstić information content (AvgIpc) is 3.61. The maximum Gasteiger partial charge on any atom is 0.0640 e. The Morgan fingerprint density at radius 1 is 0.308 bits per heavy atom. The van der Waals surface area contributed by atoms with Crippen molar-refractivity contribution in [1.29, 1.82) is 0 Å². The van der Waals surface area contributed by atoms with Gasteiger partial charge in [-0.1, -0.05) is 152 Å². The van der Waals surface area contributed by atoms with E-state index in [4.69, 9.17) is 0 Å². The standard InChI is InChI=1S/C50H31NS/c1-4-13-39-32(10-1)20-21-36-30-38(27-29-41(36)39)51(48-19-9-18-45-46-28-24-33-11-2-6-15-42(33)49(46)52-50(45)48)37-25-22-34(23-26-37)47-31-35-12-3-5-14-40(35)43-16-7-8-17-44(43)47/h1-31H. The van der Waals surface area contributed by atoms with Gasteiger partial charge in [-0.3, -0.25) is 0 Å². The molecule has 0 N–H and O–H groups in total. The van der Waals surface area contributed by atoms with E-state index in [0.29, 0.717) is 0 Å². The minimum atomic E-state index is 1.13. The van der Waals surface area contributed by atoms with Gasteiger partial charge in [0.2, 0.25) is 0 Å². The zero-order valence-corrected chi connectivity index (χ0v) is 29.1. The Morgan fingerprint density at radius 2 is 0.827 bits per heavy atom. The molecule has 1 heterocycles. The Morgan fingerprint density at radius 3 is 1.63 bits per heavy atom. The van der Waals surface area contributed by atoms with Crippen molar-refractivity contribution in [2.45, 2.75) is 0 Å². The zero-order valence-electron chi connectivity index (χ0n) is 28.3. The van der Waals surface area contributed by atoms with Gasteiger partial charge < -0.3 is 4.90 Å². The number of fused-ring (bicyclic) bond motifs is 11. The largest absolute Gasteiger partial charge is 0.309 e. The molecule has 0 saturated heterocycles. The number of anilines is 3. The Balaban J connectivity index is 1.13. The lowest BCUT2D eigenvalue weighted by atomic mass is 9.93. The third-order valence-corrected chi connectivity index (χ3v) is 12.1. The molecule has 1 nitrogen and oxygen atoms in total. The minimum Gasteiger partial charge on any atom is -0.309 e. The molecular formula is C50H31NS. The van der Waals surface area contributed by atoms with E-state index < -0.39 is 0 Å². The molecule has 52 heavy (non-hydrogen) atoms. The minimum absolute atomic E-state index is 1.13. The number of hydrogen-bond donors (Lipinski definition) is 0. The van der Waals surface area contributed by atoms with Gasteiger partial charge in [-0.15, -0.1) is 11.3 Å². The highest BCUT2D eigenvalue weighted by Crippen LogP contribution is 2.47. The summed E-state index contributed by atoms with van der Waals surface area (Å²) in [6.07, 6.45) is 0. The predicted octanol–water partition coefficient (Wildman–Crippen LogP) is 15.0. The van der Waals surface area contributed by atoms with E-state index in [1.165, 1.54) is 90.8 Å². The van der Waals surface area contributed by atoms with Crippen molar-refractivity contribution in [3.63, 3.8) is 0 Å². The summed E-state index contributed by atoms with van der Waals surface area (Å²) in [6, 6.07) is 69.3. The van der Waals surface area contributed by atoms with Crippen LogP contribution in [-0.2, 0) is 0 Å². The van der Waals surface area contributed by atoms with E-state index in [0.717, 1.165) is 11.4 Å². The van der Waals surface area contributed by atoms with Gasteiger partial charge in [0, 0.05) is 26.8 Å². The second-order valence-corrected chi connectivity index (χ2v) is 14.7. The molecule has 11 aromatic rings. The molecule has 0 aliphatic heterocycles. The van der Waals surface area contributed by atoms with Gasteiger partial charge in [0.15, 0.2) is 0 Å². The van der Waals surface area contributed by atoms with Crippen molar-refractivity contribution in [3.8, 4) is 11.1 Å². The summed E-state index contributed by atoms with van der Waals surface area (Å²) in [5.41, 5.74) is 5.92. The van der Waals surface area contributed by atoms with Gasteiger partial charge in [-0.05, 0) is 101 Å². The quantitative estimate of drug-likeness (QED) is 0.168. The van der Waals surface area contributed by atoms with Gasteiger partial charge in [0.05, 0.1) is 10.4 Å². The van der Waals surface area contributed by atoms with Crippen LogP contribution in [0, 0.1) is 0 Å². The van der Waals surface area contributed by atoms with Crippen LogP contribution in [0.4, 0.5) is 17.1 Å². The van der Waals surface area contributed by atoms with Crippen molar-refractivity contribution in [2.75, 3.05) is 4.90 Å². The fourth-order valence-corrected chi connectivity index (χ4v) is 9.68. The van der Waals surface area contributed by atoms with Crippen molar-refractivity contribution in [1.82, 2.24) is 0 Å². The van der Waals surface area contributed by atoms with Gasteiger partial charge >= 0.3 is 0 Å². The molecule has 0 bridgehead atoms. The van der Waals surface area contributed by atoms with Crippen molar-refractivity contribution in [2.24, 2.45) is 0 Å². The Bertz CT molecular complexity index is 3190. The molecule has 0 spiro atoms. The molecule has 0 atom stereocenters. The molecular weight excluding hydrogens is 647 g/mol. The molecule has 0 aliphatic rings. The predicted molar refractivity (Wildman–Crippen MR) is 227 cm³/mol. The summed E-state index contributed by atoms with van der Waals surface area (Å²) < 4.78 is 2.63. The van der Waals surface area contributed by atoms with Crippen LogP contribution in [0.5, 0.6) is 0 Å². The summed E-state index contributed by atoms with van der Waals surface area (Å²) in [5.74, 6) is 0. The van der Waals surface area contributed by atoms with Crippen LogP contribution in [0.15, 0.2) is 188 Å². The highest BCUT2D eigenvalue weighted by molar-refractivity contribution is 7.27. The summed E-state index contributed by atoms with van der Waals surface area (Å²) in [7, 11) is 0. The third kappa shape index (κ3) is 4.48. The van der Waals surface area contributed by atoms with Crippen LogP contribution < -0.4 is 4.90 Å². The van der Waals surface area contributed by atoms with E-state index >= 15 is 0 Å². The lowest BCUT2D eigenvalue weighted by Gasteiger charge is -2.27. The molecule has 10 aromatic carbocycles. The lowest BCUT2D eigenvalue weighted by Crippen LogP contribution is -2.10. The summed E-state index contributed by atoms with van der Waals surface area (Å²) >= 11 is 1.90. The normalized spacial score (nSPS) is 11.8. The van der Waals surface area contributed by atoms with Crippen LogP contribution in [0.25, 0.3) is 85.2 Å². The first-order valence-electron chi connectivity index (χ1n) is 17.8. The Hall–Kier alpha value is -6.48. The Kier molecular flexibility index (Phi) is 6.49. The number of benzene rings is 10. The van der Waals surface area contributed by atoms with Gasteiger partial charge in [-0.2, -0.15) is 0 Å². The van der Waals surface area contributed by atoms with Crippen molar-refractivity contribution >= 4 is 102 Å². The molecule has 0 radical (unpaired) electrons. The van der Waals surface area contributed by atoms with Crippen molar-refractivity contribution in [3.05, 3.63) is 188 Å². The fraction of sp³-hybridized carbons (Fsp3) is 0. The number of thiophene rings is 1. The van der Waals surface area contributed by atoms with E-state index in [-0.39, 0.29) is 0 Å². The molecule has 0 unspecified atom stereocenters. The van der Waals surface area contributed by atoms with E-state index in [9.17, 15) is 0 Å². The first-order valence-corrected chi connectivity index (χ1v) is 18.7. The van der Waals surface area contributed by atoms with Gasteiger partial charge in [0.25, 0.3) is 0 Å². The van der Waals surface area contributed by atoms with Crippen LogP contribution in [0.2, 0.25) is 0 Å². The first kappa shape index (κ1) is 29.3. The van der Waals surface area contributed by atoms with Crippen LogP contribution in [0.1, 0.15) is 0 Å². The molecule has 11 rings (SSSR count). The molecule has 0 aliphatic carbocycles. The second-order valence-electron chi connectivity index (χ2n) is 13.7. The molecule has 1 aromatic heterocycles. The monoisotopic (exact) mass is 677 g/mol. The number of hydrogen-bond acceptors (Lipinski definition) is 2. The number of rotatable bonds is 4. The van der Waals surface area contributed by atoms with E-state index in [2.05, 4.69) is 193 Å². The highest BCUT2D eigenvalue weighted by Gasteiger charge is 2.20. The average molecular weight is 678 g/mol. The SMILES string of the molecule is c1ccc2c(c1)ccc1cc(N(c3ccc(-c4cc5ccccc5c5ccccc45)cc3)c3cccc4c3sc3c5ccccc5ccc43)ccc12. The van der Waals surface area contributed by atoms with Crippen LogP contribution >= 0.6 is 11.3 Å². The smallest absolute Gasteiger partial charge is 0.0640 e. The first-order chi connectivity index (χ1) is 25.8. The second kappa shape index (κ2) is 11.5. The van der Waals surface area contributed by atoms with Gasteiger partial charge in [0.1, 0.15) is 0 Å². The Labute approximate surface area is 305 Å². The summed E-state index contributed by atoms with van der Waals surface area (Å²) in [5, 5.41) is 15.3. The van der Waals surface area contributed by atoms with Crippen molar-refractivity contribution < 1.29 is 0 Å². The van der Waals surface area contributed by atoms with Crippen LogP contribution in [-0.4, -0.2) is 0 Å². The molecule has 2 heteroatoms. The molecule has 0 fully saturated rings. The zero-order chi connectivity index (χ0) is 34.2. The summed E-state index contributed by atoms with van der Waals surface area (Å²) in [4.78, 5) is 2.46. The summed E-state index contributed by atoms with van der Waals surface area (Å²) in [6.45, 7) is 0. The highest BCUT2D eigenvalue weighted by atomic mass is 32.1. The van der Waals surface area contributed by atoms with E-state index in [1.807, 2.05) is 11.3 Å². The van der Waals surface area contributed by atoms with Gasteiger partial charge in [-0.25, -0.2) is 0 Å². The topological polar surface area (TPSA) is 3.24 Å². The third-order valence-electron chi connectivity index (χ3n) is 10.8. The molecule has 242 valence electrons. The van der Waals surface area contributed by atoms with E-state index in [1.54, 1.807) is 0 Å². The number of nitrogens with zero attached hydrogens (tertiary/aromatic N) is 1. The molecule has 0 amide bonds. The maximum atomic E-state index is 2.46. The molecule has 0 saturated carbocycles. The lowest BCUT2D eigenvalue weighted by molar-refractivity contribution is 1.31. The fourth-order valence-electron chi connectivity index (χ4n) is 8.34. The maximum absolute atomic E-state index is 2.46. The van der Waals surface area contributed by atoms with Crippen LogP contribution in [0.3, 0.4) is 0 Å².